The summed E-state index contributed by atoms with van der Waals surface area (Å²) >= 11 is 0. The number of nitrogens with zero attached hydrogens (tertiary/aromatic N) is 3. The third kappa shape index (κ3) is 6.72. The fourth-order valence-corrected chi connectivity index (χ4v) is 4.54. The second kappa shape index (κ2) is 11.5. The number of likely N-dealkylation sites (tertiary alicyclic amines) is 1. The Labute approximate surface area is 207 Å². The highest BCUT2D eigenvalue weighted by Crippen LogP contribution is 2.34. The molecule has 4 rings (SSSR count). The molecule has 8 heteroatoms. The molecule has 0 radical (unpaired) electrons. The molecule has 1 aliphatic carbocycles. The fourth-order valence-electron chi connectivity index (χ4n) is 4.54. The highest BCUT2D eigenvalue weighted by molar-refractivity contribution is 5.87. The van der Waals surface area contributed by atoms with Crippen molar-refractivity contribution in [3.8, 4) is 17.0 Å². The molecule has 0 atom stereocenters. The summed E-state index contributed by atoms with van der Waals surface area (Å²) in [5.74, 6) is 1.24. The van der Waals surface area contributed by atoms with Crippen molar-refractivity contribution in [3.05, 3.63) is 53.1 Å². The van der Waals surface area contributed by atoms with Crippen LogP contribution >= 0.6 is 0 Å². The number of methoxy groups -OCH3 is 1. The number of carbonyl (C=O) groups is 1. The molecule has 0 unspecified atom stereocenters. The van der Waals surface area contributed by atoms with E-state index in [0.717, 1.165) is 30.5 Å². The number of nitrogens with one attached hydrogen (secondary N) is 2. The van der Waals surface area contributed by atoms with Gasteiger partial charge in [0.2, 0.25) is 11.8 Å². The van der Waals surface area contributed by atoms with Gasteiger partial charge < -0.3 is 24.8 Å². The van der Waals surface area contributed by atoms with Gasteiger partial charge in [-0.2, -0.15) is 0 Å². The fraction of sp³-hybridized carbons (Fsp3) is 0.519. The molecule has 1 amide bonds. The molecule has 2 N–H and O–H groups in total. The summed E-state index contributed by atoms with van der Waals surface area (Å²) < 4.78 is 5.27. The van der Waals surface area contributed by atoms with Crippen molar-refractivity contribution in [3.63, 3.8) is 0 Å². The minimum atomic E-state index is -0.0745. The van der Waals surface area contributed by atoms with E-state index in [-0.39, 0.29) is 17.5 Å². The van der Waals surface area contributed by atoms with Gasteiger partial charge in [0.05, 0.1) is 7.11 Å². The zero-order valence-corrected chi connectivity index (χ0v) is 21.0. The number of hydrogen-bond acceptors (Lipinski definition) is 6. The maximum atomic E-state index is 13.0. The Kier molecular flexibility index (Phi) is 8.23. The number of carbonyl (C=O) groups excluding carboxylic acids is 1. The van der Waals surface area contributed by atoms with Crippen LogP contribution in [0, 0.1) is 5.92 Å². The third-order valence-corrected chi connectivity index (χ3v) is 6.74. The molecule has 1 saturated heterocycles. The molecule has 3 heterocycles. The molecule has 0 bridgehead atoms. The lowest BCUT2D eigenvalue weighted by molar-refractivity contribution is -0.127. The average Bonchev–Trinajstić information content (AvgIpc) is 3.70. The summed E-state index contributed by atoms with van der Waals surface area (Å²) in [5, 5.41) is 3.29. The SMILES string of the molecule is COc1cc(-c2c[nH]c(=O)c(N(CC3CC3)C3CCN(C(=O)C=CCNC(C)C)CC3)c2)ccn1. The van der Waals surface area contributed by atoms with Crippen molar-refractivity contribution in [2.45, 2.75) is 51.6 Å². The summed E-state index contributed by atoms with van der Waals surface area (Å²) in [5.41, 5.74) is 2.50. The minimum absolute atomic E-state index is 0.0641. The number of hydrogen-bond donors (Lipinski definition) is 2. The monoisotopic (exact) mass is 479 g/mol. The number of H-pyrrole nitrogens is 1. The number of piperidine rings is 1. The summed E-state index contributed by atoms with van der Waals surface area (Å²) in [6.45, 7) is 7.14. The van der Waals surface area contributed by atoms with E-state index < -0.39 is 0 Å². The smallest absolute Gasteiger partial charge is 0.271 e. The Hall–Kier alpha value is -3.13. The van der Waals surface area contributed by atoms with Gasteiger partial charge in [-0.25, -0.2) is 4.98 Å². The molecule has 2 fully saturated rings. The number of amides is 1. The van der Waals surface area contributed by atoms with Crippen molar-refractivity contribution in [1.82, 2.24) is 20.2 Å². The Balaban J connectivity index is 1.47. The van der Waals surface area contributed by atoms with E-state index in [2.05, 4.69) is 34.0 Å². The third-order valence-electron chi connectivity index (χ3n) is 6.74. The molecule has 1 aliphatic heterocycles. The normalized spacial score (nSPS) is 16.7. The highest BCUT2D eigenvalue weighted by Gasteiger charge is 2.32. The van der Waals surface area contributed by atoms with Crippen LogP contribution in [0.25, 0.3) is 11.1 Å². The van der Waals surface area contributed by atoms with Crippen LogP contribution in [-0.4, -0.2) is 66.1 Å². The molecule has 8 nitrogen and oxygen atoms in total. The summed E-state index contributed by atoms with van der Waals surface area (Å²) in [6.07, 6.45) is 11.2. The number of pyridine rings is 2. The topological polar surface area (TPSA) is 90.6 Å². The molecule has 0 aromatic carbocycles. The van der Waals surface area contributed by atoms with Gasteiger partial charge in [0.25, 0.3) is 5.56 Å². The lowest BCUT2D eigenvalue weighted by Crippen LogP contribution is -2.48. The predicted molar refractivity (Wildman–Crippen MR) is 139 cm³/mol. The number of aromatic nitrogens is 2. The first-order valence-electron chi connectivity index (χ1n) is 12.6. The summed E-state index contributed by atoms with van der Waals surface area (Å²) in [6, 6.07) is 6.40. The van der Waals surface area contributed by atoms with Crippen LogP contribution in [0.2, 0.25) is 0 Å². The van der Waals surface area contributed by atoms with Gasteiger partial charge in [0, 0.05) is 68.4 Å². The van der Waals surface area contributed by atoms with Gasteiger partial charge in [0.15, 0.2) is 0 Å². The number of ether oxygens (including phenoxy) is 1. The van der Waals surface area contributed by atoms with E-state index in [1.54, 1.807) is 25.6 Å². The molecule has 2 aromatic heterocycles. The Morgan fingerprint density at radius 2 is 2.03 bits per heavy atom. The second-order valence-electron chi connectivity index (χ2n) is 9.81. The lowest BCUT2D eigenvalue weighted by Gasteiger charge is -2.39. The van der Waals surface area contributed by atoms with Gasteiger partial charge in [-0.1, -0.05) is 19.9 Å². The van der Waals surface area contributed by atoms with Crippen molar-refractivity contribution in [2.75, 3.05) is 38.2 Å². The van der Waals surface area contributed by atoms with Gasteiger partial charge in [-0.3, -0.25) is 9.59 Å². The van der Waals surface area contributed by atoms with Gasteiger partial charge in [0.1, 0.15) is 5.69 Å². The van der Waals surface area contributed by atoms with E-state index in [4.69, 9.17) is 4.74 Å². The Bertz CT molecular complexity index is 1080. The number of rotatable bonds is 10. The summed E-state index contributed by atoms with van der Waals surface area (Å²) in [7, 11) is 1.59. The largest absolute Gasteiger partial charge is 0.481 e. The molecular formula is C27H37N5O3. The first-order chi connectivity index (χ1) is 16.9. The summed E-state index contributed by atoms with van der Waals surface area (Å²) in [4.78, 5) is 36.9. The first-order valence-corrected chi connectivity index (χ1v) is 12.6. The number of aromatic amines is 1. The maximum Gasteiger partial charge on any atom is 0.271 e. The van der Waals surface area contributed by atoms with Crippen molar-refractivity contribution in [1.29, 1.82) is 0 Å². The van der Waals surface area contributed by atoms with E-state index in [1.165, 1.54) is 12.8 Å². The van der Waals surface area contributed by atoms with Gasteiger partial charge >= 0.3 is 0 Å². The Morgan fingerprint density at radius 1 is 1.26 bits per heavy atom. The van der Waals surface area contributed by atoms with E-state index in [1.807, 2.05) is 29.2 Å². The molecule has 188 valence electrons. The van der Waals surface area contributed by atoms with Crippen LogP contribution < -0.4 is 20.5 Å². The molecule has 0 spiro atoms. The molecule has 2 aromatic rings. The maximum absolute atomic E-state index is 13.0. The second-order valence-corrected chi connectivity index (χ2v) is 9.81. The zero-order chi connectivity index (χ0) is 24.8. The van der Waals surface area contributed by atoms with E-state index in [9.17, 15) is 9.59 Å². The van der Waals surface area contributed by atoms with Crippen LogP contribution in [0.4, 0.5) is 5.69 Å². The van der Waals surface area contributed by atoms with Crippen LogP contribution in [-0.2, 0) is 4.79 Å². The average molecular weight is 480 g/mol. The van der Waals surface area contributed by atoms with Gasteiger partial charge in [-0.05, 0) is 49.3 Å². The van der Waals surface area contributed by atoms with E-state index in [0.29, 0.717) is 43.2 Å². The van der Waals surface area contributed by atoms with Crippen molar-refractivity contribution >= 4 is 11.6 Å². The standard InChI is InChI=1S/C27H37N5O3/c1-19(2)28-11-4-5-26(33)31-13-9-23(10-14-31)32(18-20-6-7-20)24-15-22(17-30-27(24)34)21-8-12-29-25(16-21)35-3/h4-5,8,12,15-17,19-20,23,28H,6-7,9-11,13-14,18H2,1-3H3,(H,30,34). The minimum Gasteiger partial charge on any atom is -0.481 e. The van der Waals surface area contributed by atoms with Crippen LogP contribution in [0.5, 0.6) is 5.88 Å². The number of anilines is 1. The Morgan fingerprint density at radius 3 is 2.71 bits per heavy atom. The van der Waals surface area contributed by atoms with E-state index >= 15 is 0 Å². The molecule has 2 aliphatic rings. The first kappa shape index (κ1) is 25.0. The highest BCUT2D eigenvalue weighted by atomic mass is 16.5. The molecular weight excluding hydrogens is 442 g/mol. The van der Waals surface area contributed by atoms with Crippen molar-refractivity contribution in [2.24, 2.45) is 5.92 Å². The van der Waals surface area contributed by atoms with Crippen LogP contribution in [0.15, 0.2) is 47.5 Å². The predicted octanol–water partition coefficient (Wildman–Crippen LogP) is 3.21. The van der Waals surface area contributed by atoms with Crippen LogP contribution in [0.3, 0.4) is 0 Å². The quantitative estimate of drug-likeness (QED) is 0.509. The lowest BCUT2D eigenvalue weighted by atomic mass is 10.0. The van der Waals surface area contributed by atoms with Gasteiger partial charge in [-0.15, -0.1) is 0 Å². The molecule has 1 saturated carbocycles. The molecule has 35 heavy (non-hydrogen) atoms. The van der Waals surface area contributed by atoms with Crippen LogP contribution in [0.1, 0.15) is 39.5 Å². The zero-order valence-electron chi connectivity index (χ0n) is 21.0. The van der Waals surface area contributed by atoms with Crippen molar-refractivity contribution < 1.29 is 9.53 Å².